The standard InChI is InChI=1S/C18H32O4/c1-2-15-13-14-17(22-15)16(19)11-9-7-5-3-4-6-8-10-12-18(20)21/h7,9,15-17,19H,2-6,8,10-14H2,1H3,(H,20,21). The smallest absolute Gasteiger partial charge is 0.303 e. The fourth-order valence-corrected chi connectivity index (χ4v) is 2.89. The minimum absolute atomic E-state index is 0.0174. The molecule has 3 atom stereocenters. The number of ether oxygens (including phenoxy) is 1. The Kier molecular flexibility index (Phi) is 10.2. The summed E-state index contributed by atoms with van der Waals surface area (Å²) in [6.45, 7) is 2.13. The summed E-state index contributed by atoms with van der Waals surface area (Å²) in [6.07, 6.45) is 14.5. The third-order valence-corrected chi connectivity index (χ3v) is 4.33. The van der Waals surface area contributed by atoms with Gasteiger partial charge in [0.15, 0.2) is 0 Å². The molecule has 0 spiro atoms. The van der Waals surface area contributed by atoms with E-state index in [1.54, 1.807) is 0 Å². The van der Waals surface area contributed by atoms with Gasteiger partial charge in [0.25, 0.3) is 0 Å². The van der Waals surface area contributed by atoms with E-state index >= 15 is 0 Å². The largest absolute Gasteiger partial charge is 0.481 e. The monoisotopic (exact) mass is 312 g/mol. The Labute approximate surface area is 134 Å². The second kappa shape index (κ2) is 11.7. The van der Waals surface area contributed by atoms with Gasteiger partial charge in [0.05, 0.1) is 18.3 Å². The van der Waals surface area contributed by atoms with Crippen molar-refractivity contribution in [2.45, 2.75) is 95.9 Å². The number of hydrogen-bond acceptors (Lipinski definition) is 3. The molecule has 1 saturated heterocycles. The van der Waals surface area contributed by atoms with E-state index in [1.165, 1.54) is 0 Å². The normalized spacial score (nSPS) is 23.2. The van der Waals surface area contributed by atoms with E-state index in [4.69, 9.17) is 9.84 Å². The number of aliphatic hydroxyl groups is 1. The van der Waals surface area contributed by atoms with Crippen LogP contribution in [0.5, 0.6) is 0 Å². The molecule has 4 heteroatoms. The summed E-state index contributed by atoms with van der Waals surface area (Å²) in [5.41, 5.74) is 0. The van der Waals surface area contributed by atoms with Gasteiger partial charge in [-0.1, -0.05) is 38.3 Å². The predicted molar refractivity (Wildman–Crippen MR) is 87.9 cm³/mol. The molecule has 22 heavy (non-hydrogen) atoms. The zero-order chi connectivity index (χ0) is 16.2. The molecule has 128 valence electrons. The van der Waals surface area contributed by atoms with Gasteiger partial charge in [0.1, 0.15) is 0 Å². The van der Waals surface area contributed by atoms with Crippen LogP contribution in [0.2, 0.25) is 0 Å². The molecule has 0 aliphatic carbocycles. The Balaban J connectivity index is 1.94. The summed E-state index contributed by atoms with van der Waals surface area (Å²) in [5.74, 6) is -0.696. The van der Waals surface area contributed by atoms with E-state index in [-0.39, 0.29) is 12.2 Å². The van der Waals surface area contributed by atoms with Gasteiger partial charge < -0.3 is 14.9 Å². The maximum absolute atomic E-state index is 10.4. The Morgan fingerprint density at radius 1 is 1.18 bits per heavy atom. The van der Waals surface area contributed by atoms with Crippen LogP contribution in [0.3, 0.4) is 0 Å². The lowest BCUT2D eigenvalue weighted by molar-refractivity contribution is -0.137. The van der Waals surface area contributed by atoms with Crippen molar-refractivity contribution in [3.8, 4) is 0 Å². The molecule has 2 N–H and O–H groups in total. The van der Waals surface area contributed by atoms with Gasteiger partial charge in [-0.2, -0.15) is 0 Å². The van der Waals surface area contributed by atoms with Crippen molar-refractivity contribution in [2.24, 2.45) is 0 Å². The molecule has 1 fully saturated rings. The quantitative estimate of drug-likeness (QED) is 0.421. The maximum atomic E-state index is 10.4. The van der Waals surface area contributed by atoms with E-state index in [1.807, 2.05) is 0 Å². The average Bonchev–Trinajstić information content (AvgIpc) is 2.97. The summed E-state index contributed by atoms with van der Waals surface area (Å²) >= 11 is 0. The van der Waals surface area contributed by atoms with Crippen LogP contribution in [0.25, 0.3) is 0 Å². The first-order valence-corrected chi connectivity index (χ1v) is 8.83. The van der Waals surface area contributed by atoms with E-state index in [0.29, 0.717) is 18.9 Å². The van der Waals surface area contributed by atoms with Crippen LogP contribution < -0.4 is 0 Å². The highest BCUT2D eigenvalue weighted by Gasteiger charge is 2.28. The van der Waals surface area contributed by atoms with Gasteiger partial charge >= 0.3 is 5.97 Å². The second-order valence-corrected chi connectivity index (χ2v) is 6.26. The number of aliphatic carboxylic acids is 1. The average molecular weight is 312 g/mol. The van der Waals surface area contributed by atoms with Gasteiger partial charge in [-0.15, -0.1) is 0 Å². The SMILES string of the molecule is CCC1CCC(C(O)CC=CCCCCCCCC(=O)O)O1. The van der Waals surface area contributed by atoms with Crippen molar-refractivity contribution in [3.63, 3.8) is 0 Å². The molecule has 3 unspecified atom stereocenters. The Hall–Kier alpha value is -0.870. The molecular formula is C18H32O4. The molecule has 0 bridgehead atoms. The Bertz CT molecular complexity index is 327. The molecule has 1 rings (SSSR count). The van der Waals surface area contributed by atoms with Crippen molar-refractivity contribution in [1.29, 1.82) is 0 Å². The first-order chi connectivity index (χ1) is 10.6. The van der Waals surface area contributed by atoms with Crippen molar-refractivity contribution in [2.75, 3.05) is 0 Å². The maximum Gasteiger partial charge on any atom is 0.303 e. The van der Waals surface area contributed by atoms with Crippen LogP contribution in [0.15, 0.2) is 12.2 Å². The lowest BCUT2D eigenvalue weighted by Crippen LogP contribution is -2.25. The number of unbranched alkanes of at least 4 members (excludes halogenated alkanes) is 5. The minimum Gasteiger partial charge on any atom is -0.481 e. The van der Waals surface area contributed by atoms with Gasteiger partial charge in [-0.3, -0.25) is 4.79 Å². The van der Waals surface area contributed by atoms with Crippen LogP contribution in [-0.2, 0) is 9.53 Å². The van der Waals surface area contributed by atoms with Crippen molar-refractivity contribution in [1.82, 2.24) is 0 Å². The molecule has 0 radical (unpaired) electrons. The summed E-state index contributed by atoms with van der Waals surface area (Å²) in [7, 11) is 0. The van der Waals surface area contributed by atoms with Gasteiger partial charge in [-0.05, 0) is 44.9 Å². The highest BCUT2D eigenvalue weighted by atomic mass is 16.5. The Morgan fingerprint density at radius 2 is 1.91 bits per heavy atom. The lowest BCUT2D eigenvalue weighted by atomic mass is 10.1. The van der Waals surface area contributed by atoms with Gasteiger partial charge in [-0.25, -0.2) is 0 Å². The van der Waals surface area contributed by atoms with Crippen LogP contribution in [0.4, 0.5) is 0 Å². The summed E-state index contributed by atoms with van der Waals surface area (Å²) < 4.78 is 5.80. The molecule has 0 amide bonds. The number of carbonyl (C=O) groups is 1. The van der Waals surface area contributed by atoms with E-state index in [9.17, 15) is 9.90 Å². The molecule has 0 aromatic rings. The fourth-order valence-electron chi connectivity index (χ4n) is 2.89. The highest BCUT2D eigenvalue weighted by molar-refractivity contribution is 5.66. The van der Waals surface area contributed by atoms with Crippen LogP contribution in [-0.4, -0.2) is 34.5 Å². The molecule has 0 saturated carbocycles. The summed E-state index contributed by atoms with van der Waals surface area (Å²) in [5, 5.41) is 18.6. The van der Waals surface area contributed by atoms with E-state index in [2.05, 4.69) is 19.1 Å². The van der Waals surface area contributed by atoms with Gasteiger partial charge in [0, 0.05) is 6.42 Å². The van der Waals surface area contributed by atoms with E-state index < -0.39 is 5.97 Å². The van der Waals surface area contributed by atoms with E-state index in [0.717, 1.165) is 57.8 Å². The molecular weight excluding hydrogens is 280 g/mol. The van der Waals surface area contributed by atoms with Crippen molar-refractivity contribution >= 4 is 5.97 Å². The first kappa shape index (κ1) is 19.2. The fraction of sp³-hybridized carbons (Fsp3) is 0.833. The third kappa shape index (κ3) is 8.54. The van der Waals surface area contributed by atoms with Crippen molar-refractivity contribution in [3.05, 3.63) is 12.2 Å². The zero-order valence-electron chi connectivity index (χ0n) is 13.9. The van der Waals surface area contributed by atoms with Crippen LogP contribution in [0.1, 0.15) is 77.6 Å². The predicted octanol–water partition coefficient (Wildman–Crippen LogP) is 4.07. The lowest BCUT2D eigenvalue weighted by Gasteiger charge is -2.17. The summed E-state index contributed by atoms with van der Waals surface area (Å²) in [4.78, 5) is 10.4. The molecule has 0 aromatic carbocycles. The molecule has 1 aliphatic rings. The number of hydrogen-bond donors (Lipinski definition) is 2. The summed E-state index contributed by atoms with van der Waals surface area (Å²) in [6, 6.07) is 0. The van der Waals surface area contributed by atoms with Crippen LogP contribution >= 0.6 is 0 Å². The third-order valence-electron chi connectivity index (χ3n) is 4.33. The number of carboxylic acid groups (broad SMARTS) is 1. The minimum atomic E-state index is -0.696. The van der Waals surface area contributed by atoms with Gasteiger partial charge in [0.2, 0.25) is 0 Å². The van der Waals surface area contributed by atoms with Crippen LogP contribution in [0, 0.1) is 0 Å². The highest BCUT2D eigenvalue weighted by Crippen LogP contribution is 2.25. The molecule has 1 heterocycles. The zero-order valence-corrected chi connectivity index (χ0v) is 13.9. The number of allylic oxidation sites excluding steroid dienone is 1. The number of aliphatic hydroxyl groups excluding tert-OH is 1. The number of carboxylic acids is 1. The second-order valence-electron chi connectivity index (χ2n) is 6.26. The first-order valence-electron chi connectivity index (χ1n) is 8.83. The Morgan fingerprint density at radius 3 is 2.59 bits per heavy atom. The topological polar surface area (TPSA) is 66.8 Å². The molecule has 1 aliphatic heterocycles. The molecule has 4 nitrogen and oxygen atoms in total. The molecule has 0 aromatic heterocycles. The van der Waals surface area contributed by atoms with Crippen molar-refractivity contribution < 1.29 is 19.7 Å². The number of rotatable bonds is 12.